The fourth-order valence-corrected chi connectivity index (χ4v) is 1.66. The van der Waals surface area contributed by atoms with Gasteiger partial charge < -0.3 is 20.1 Å². The first-order chi connectivity index (χ1) is 9.06. The highest BCUT2D eigenvalue weighted by Crippen LogP contribution is 2.34. The van der Waals surface area contributed by atoms with Crippen LogP contribution in [0.4, 0.5) is 5.69 Å². The zero-order chi connectivity index (χ0) is 13.8. The molecule has 0 aromatic heterocycles. The van der Waals surface area contributed by atoms with Crippen molar-refractivity contribution >= 4 is 11.6 Å². The fraction of sp³-hybridized carbons (Fsp3) is 0.500. The van der Waals surface area contributed by atoms with Gasteiger partial charge in [0.1, 0.15) is 0 Å². The lowest BCUT2D eigenvalue weighted by Crippen LogP contribution is -2.39. The first-order valence-corrected chi connectivity index (χ1v) is 6.49. The normalized spacial score (nSPS) is 14.3. The van der Waals surface area contributed by atoms with Crippen LogP contribution in [0.2, 0.25) is 0 Å². The van der Waals surface area contributed by atoms with Crippen LogP contribution in [0.25, 0.3) is 0 Å². The molecule has 0 saturated heterocycles. The van der Waals surface area contributed by atoms with Crippen molar-refractivity contribution in [2.45, 2.75) is 26.8 Å². The molecule has 2 N–H and O–H groups in total. The summed E-state index contributed by atoms with van der Waals surface area (Å²) < 4.78 is 10.5. The van der Waals surface area contributed by atoms with Crippen LogP contribution in [0.3, 0.4) is 0 Å². The highest BCUT2D eigenvalue weighted by Gasteiger charge is 2.14. The van der Waals surface area contributed by atoms with E-state index in [1.54, 1.807) is 0 Å². The highest BCUT2D eigenvalue weighted by atomic mass is 16.7. The summed E-state index contributed by atoms with van der Waals surface area (Å²) in [4.78, 5) is 11.7. The van der Waals surface area contributed by atoms with Gasteiger partial charge in [0.2, 0.25) is 12.7 Å². The predicted molar refractivity (Wildman–Crippen MR) is 73.5 cm³/mol. The molecule has 2 rings (SSSR count). The molecule has 1 unspecified atom stereocenters. The lowest BCUT2D eigenvalue weighted by Gasteiger charge is -2.17. The Kier molecular flexibility index (Phi) is 4.14. The molecule has 1 aliphatic heterocycles. The van der Waals surface area contributed by atoms with Crippen molar-refractivity contribution in [3.8, 4) is 11.5 Å². The summed E-state index contributed by atoms with van der Waals surface area (Å²) in [6, 6.07) is 5.71. The molecule has 1 amide bonds. The Balaban J connectivity index is 1.84. The lowest BCUT2D eigenvalue weighted by atomic mass is 10.1. The number of hydrogen-bond donors (Lipinski definition) is 2. The molecule has 1 atom stereocenters. The van der Waals surface area contributed by atoms with Gasteiger partial charge in [-0.25, -0.2) is 0 Å². The number of amides is 1. The van der Waals surface area contributed by atoms with E-state index in [1.807, 2.05) is 25.1 Å². The summed E-state index contributed by atoms with van der Waals surface area (Å²) >= 11 is 0. The maximum absolute atomic E-state index is 11.7. The van der Waals surface area contributed by atoms with Crippen LogP contribution in [-0.4, -0.2) is 25.3 Å². The molecule has 0 radical (unpaired) electrons. The van der Waals surface area contributed by atoms with Crippen LogP contribution < -0.4 is 20.1 Å². The minimum atomic E-state index is -0.0149. The maximum Gasteiger partial charge on any atom is 0.239 e. The van der Waals surface area contributed by atoms with Crippen LogP contribution in [0.5, 0.6) is 11.5 Å². The number of nitrogens with one attached hydrogen (secondary N) is 2. The first kappa shape index (κ1) is 13.5. The largest absolute Gasteiger partial charge is 0.454 e. The van der Waals surface area contributed by atoms with Crippen LogP contribution >= 0.6 is 0 Å². The fourth-order valence-electron chi connectivity index (χ4n) is 1.66. The number of carbonyl (C=O) groups is 1. The SMILES string of the molecule is CC(C)C(C)NC(=O)CNc1ccc2c(c1)OCO2. The van der Waals surface area contributed by atoms with E-state index in [0.717, 1.165) is 11.4 Å². The van der Waals surface area contributed by atoms with E-state index >= 15 is 0 Å². The third kappa shape index (κ3) is 3.53. The third-order valence-electron chi connectivity index (χ3n) is 3.21. The summed E-state index contributed by atoms with van der Waals surface area (Å²) in [7, 11) is 0. The lowest BCUT2D eigenvalue weighted by molar-refractivity contribution is -0.120. The van der Waals surface area contributed by atoms with Gasteiger partial charge in [0, 0.05) is 17.8 Å². The average molecular weight is 264 g/mol. The van der Waals surface area contributed by atoms with Gasteiger partial charge in [-0.05, 0) is 25.0 Å². The van der Waals surface area contributed by atoms with E-state index < -0.39 is 0 Å². The molecule has 0 spiro atoms. The van der Waals surface area contributed by atoms with E-state index in [0.29, 0.717) is 11.7 Å². The smallest absolute Gasteiger partial charge is 0.239 e. The Bertz CT molecular complexity index is 460. The standard InChI is InChI=1S/C14H20N2O3/c1-9(2)10(3)16-14(17)7-15-11-4-5-12-13(6-11)19-8-18-12/h4-6,9-10,15H,7-8H2,1-3H3,(H,16,17). The van der Waals surface area contributed by atoms with Gasteiger partial charge in [-0.1, -0.05) is 13.8 Å². The molecular formula is C14H20N2O3. The Morgan fingerprint density at radius 1 is 1.26 bits per heavy atom. The van der Waals surface area contributed by atoms with Gasteiger partial charge >= 0.3 is 0 Å². The summed E-state index contributed by atoms with van der Waals surface area (Å²) in [6.07, 6.45) is 0. The van der Waals surface area contributed by atoms with Crippen LogP contribution in [0, 0.1) is 5.92 Å². The molecule has 0 bridgehead atoms. The van der Waals surface area contributed by atoms with Crippen LogP contribution in [0.15, 0.2) is 18.2 Å². The van der Waals surface area contributed by atoms with Gasteiger partial charge in [-0.15, -0.1) is 0 Å². The van der Waals surface area contributed by atoms with E-state index in [4.69, 9.17) is 9.47 Å². The molecule has 5 nitrogen and oxygen atoms in total. The zero-order valence-electron chi connectivity index (χ0n) is 11.5. The minimum absolute atomic E-state index is 0.0149. The van der Waals surface area contributed by atoms with Crippen molar-refractivity contribution < 1.29 is 14.3 Å². The summed E-state index contributed by atoms with van der Waals surface area (Å²) in [5, 5.41) is 6.02. The monoisotopic (exact) mass is 264 g/mol. The van der Waals surface area contributed by atoms with Gasteiger partial charge in [-0.3, -0.25) is 4.79 Å². The molecule has 1 aliphatic rings. The van der Waals surface area contributed by atoms with E-state index in [2.05, 4.69) is 24.5 Å². The Labute approximate surface area is 113 Å². The number of anilines is 1. The molecule has 104 valence electrons. The molecule has 1 heterocycles. The molecule has 1 aromatic carbocycles. The topological polar surface area (TPSA) is 59.6 Å². The Morgan fingerprint density at radius 3 is 2.74 bits per heavy atom. The summed E-state index contributed by atoms with van der Waals surface area (Å²) in [5.41, 5.74) is 0.844. The van der Waals surface area contributed by atoms with Crippen molar-refractivity contribution in [3.63, 3.8) is 0 Å². The third-order valence-corrected chi connectivity index (χ3v) is 3.21. The van der Waals surface area contributed by atoms with Gasteiger partial charge in [0.25, 0.3) is 0 Å². The number of fused-ring (bicyclic) bond motifs is 1. The molecule has 0 aliphatic carbocycles. The molecule has 5 heteroatoms. The number of benzene rings is 1. The number of hydrogen-bond acceptors (Lipinski definition) is 4. The summed E-state index contributed by atoms with van der Waals surface area (Å²) in [6.45, 7) is 6.66. The molecule has 19 heavy (non-hydrogen) atoms. The van der Waals surface area contributed by atoms with Gasteiger partial charge in [0.05, 0.1) is 6.54 Å². The van der Waals surface area contributed by atoms with Crippen LogP contribution in [-0.2, 0) is 4.79 Å². The minimum Gasteiger partial charge on any atom is -0.454 e. The van der Waals surface area contributed by atoms with E-state index in [9.17, 15) is 4.79 Å². The van der Waals surface area contributed by atoms with Crippen LogP contribution in [0.1, 0.15) is 20.8 Å². The first-order valence-electron chi connectivity index (χ1n) is 6.49. The Hall–Kier alpha value is -1.91. The van der Waals surface area contributed by atoms with Gasteiger partial charge in [0.15, 0.2) is 11.5 Å². The molecule has 0 saturated carbocycles. The molecular weight excluding hydrogens is 244 g/mol. The quantitative estimate of drug-likeness (QED) is 0.854. The highest BCUT2D eigenvalue weighted by molar-refractivity contribution is 5.81. The number of carbonyl (C=O) groups excluding carboxylic acids is 1. The molecule has 0 fully saturated rings. The Morgan fingerprint density at radius 2 is 2.00 bits per heavy atom. The van der Waals surface area contributed by atoms with Crippen molar-refractivity contribution in [2.75, 3.05) is 18.7 Å². The number of ether oxygens (including phenoxy) is 2. The number of rotatable bonds is 5. The molecule has 1 aromatic rings. The zero-order valence-corrected chi connectivity index (χ0v) is 11.5. The second-order valence-electron chi connectivity index (χ2n) is 5.02. The summed E-state index contributed by atoms with van der Waals surface area (Å²) in [5.74, 6) is 1.86. The maximum atomic E-state index is 11.7. The predicted octanol–water partition coefficient (Wildman–Crippen LogP) is 1.99. The second-order valence-corrected chi connectivity index (χ2v) is 5.02. The van der Waals surface area contributed by atoms with E-state index in [-0.39, 0.29) is 25.3 Å². The van der Waals surface area contributed by atoms with E-state index in [1.165, 1.54) is 0 Å². The van der Waals surface area contributed by atoms with Crippen molar-refractivity contribution in [3.05, 3.63) is 18.2 Å². The van der Waals surface area contributed by atoms with Crippen molar-refractivity contribution in [2.24, 2.45) is 5.92 Å². The van der Waals surface area contributed by atoms with Crippen molar-refractivity contribution in [1.29, 1.82) is 0 Å². The van der Waals surface area contributed by atoms with Gasteiger partial charge in [-0.2, -0.15) is 0 Å². The average Bonchev–Trinajstić information content (AvgIpc) is 2.83. The van der Waals surface area contributed by atoms with Crippen molar-refractivity contribution in [1.82, 2.24) is 5.32 Å². The second kappa shape index (κ2) is 5.82.